The smallest absolute Gasteiger partial charge is 0.310 e. The lowest BCUT2D eigenvalue weighted by molar-refractivity contribution is -0.148. The quantitative estimate of drug-likeness (QED) is 0.802. The van der Waals surface area contributed by atoms with Crippen LogP contribution in [0.5, 0.6) is 5.75 Å². The maximum absolute atomic E-state index is 13.8. The van der Waals surface area contributed by atoms with E-state index in [0.717, 1.165) is 6.07 Å². The Morgan fingerprint density at radius 2 is 2.05 bits per heavy atom. The van der Waals surface area contributed by atoms with Gasteiger partial charge in [0.25, 0.3) is 0 Å². The molecule has 0 heterocycles. The second kappa shape index (κ2) is 6.20. The van der Waals surface area contributed by atoms with Crippen molar-refractivity contribution < 1.29 is 27.8 Å². The van der Waals surface area contributed by atoms with Crippen molar-refractivity contribution in [2.45, 2.75) is 25.7 Å². The van der Waals surface area contributed by atoms with E-state index < -0.39 is 29.4 Å². The summed E-state index contributed by atoms with van der Waals surface area (Å²) in [6, 6.07) is 2.32. The number of Topliss-reactive ketones (excluding diaryl/α,β-unsaturated/α-hetero) is 1. The Morgan fingerprint density at radius 3 is 2.67 bits per heavy atom. The van der Waals surface area contributed by atoms with E-state index in [1.807, 2.05) is 0 Å². The molecule has 114 valence electrons. The zero-order valence-corrected chi connectivity index (χ0v) is 11.8. The van der Waals surface area contributed by atoms with Crippen molar-refractivity contribution in [3.63, 3.8) is 0 Å². The molecule has 1 aromatic rings. The second-order valence-corrected chi connectivity index (χ2v) is 4.90. The molecule has 0 amide bonds. The highest BCUT2D eigenvalue weighted by atomic mass is 19.2. The maximum Gasteiger partial charge on any atom is 0.310 e. The third-order valence-electron chi connectivity index (χ3n) is 3.65. The van der Waals surface area contributed by atoms with Gasteiger partial charge in [-0.25, -0.2) is 4.39 Å². The molecule has 6 heteroatoms. The third-order valence-corrected chi connectivity index (χ3v) is 3.65. The largest absolute Gasteiger partial charge is 0.493 e. The molecule has 1 aliphatic rings. The van der Waals surface area contributed by atoms with Gasteiger partial charge in [-0.15, -0.1) is 0 Å². The number of ketones is 1. The van der Waals surface area contributed by atoms with E-state index in [-0.39, 0.29) is 31.0 Å². The first kappa shape index (κ1) is 15.4. The summed E-state index contributed by atoms with van der Waals surface area (Å²) in [5.41, 5.74) is 0.320. The highest BCUT2D eigenvalue weighted by Crippen LogP contribution is 2.43. The summed E-state index contributed by atoms with van der Waals surface area (Å²) in [5.74, 6) is -4.25. The number of methoxy groups -OCH3 is 1. The molecule has 1 saturated carbocycles. The zero-order valence-electron chi connectivity index (χ0n) is 11.8. The lowest BCUT2D eigenvalue weighted by Crippen LogP contribution is -2.21. The van der Waals surface area contributed by atoms with Crippen molar-refractivity contribution >= 4 is 11.8 Å². The number of esters is 1. The monoisotopic (exact) mass is 298 g/mol. The summed E-state index contributed by atoms with van der Waals surface area (Å²) < 4.78 is 36.9. The van der Waals surface area contributed by atoms with Gasteiger partial charge in [0.15, 0.2) is 11.6 Å². The Labute approximate surface area is 121 Å². The molecule has 0 aliphatic heterocycles. The minimum absolute atomic E-state index is 0.0473. The summed E-state index contributed by atoms with van der Waals surface area (Å²) in [7, 11) is 1.22. The number of carbonyl (C=O) groups is 2. The fourth-order valence-electron chi connectivity index (χ4n) is 2.73. The molecule has 2 rings (SSSR count). The fraction of sp³-hybridized carbons (Fsp3) is 0.467. The second-order valence-electron chi connectivity index (χ2n) is 4.90. The molecule has 0 bridgehead atoms. The van der Waals surface area contributed by atoms with Crippen LogP contribution < -0.4 is 4.74 Å². The maximum atomic E-state index is 13.8. The van der Waals surface area contributed by atoms with Gasteiger partial charge >= 0.3 is 5.97 Å². The molecule has 0 aromatic heterocycles. The number of ether oxygens (including phenoxy) is 2. The van der Waals surface area contributed by atoms with Crippen LogP contribution in [0.2, 0.25) is 0 Å². The molecular weight excluding hydrogens is 282 g/mol. The summed E-state index contributed by atoms with van der Waals surface area (Å²) in [5, 5.41) is 0. The van der Waals surface area contributed by atoms with Crippen molar-refractivity contribution in [1.82, 2.24) is 0 Å². The van der Waals surface area contributed by atoms with Crippen LogP contribution in [-0.4, -0.2) is 25.5 Å². The Bertz CT molecular complexity index is 571. The molecule has 1 aliphatic carbocycles. The van der Waals surface area contributed by atoms with Gasteiger partial charge in [0.05, 0.1) is 19.6 Å². The molecule has 0 saturated heterocycles. The van der Waals surface area contributed by atoms with E-state index in [2.05, 4.69) is 0 Å². The number of carbonyl (C=O) groups excluding carboxylic acids is 2. The standard InChI is InChI=1S/C15H16F2O4/c1-3-21-15(19)11-7-8(18)6-10(11)9-4-5-12(16)13(17)14(9)20-2/h4-5,10-11H,3,6-7H2,1-2H3/t10-,11+/m0/s1. The van der Waals surface area contributed by atoms with Crippen LogP contribution in [0.1, 0.15) is 31.2 Å². The van der Waals surface area contributed by atoms with Crippen LogP contribution in [0.4, 0.5) is 8.78 Å². The van der Waals surface area contributed by atoms with E-state index in [9.17, 15) is 18.4 Å². The number of hydrogen-bond donors (Lipinski definition) is 0. The number of rotatable bonds is 4. The van der Waals surface area contributed by atoms with E-state index in [0.29, 0.717) is 5.56 Å². The molecule has 0 radical (unpaired) electrons. The molecule has 0 spiro atoms. The average Bonchev–Trinajstić information content (AvgIpc) is 2.84. The first-order valence-corrected chi connectivity index (χ1v) is 6.69. The number of hydrogen-bond acceptors (Lipinski definition) is 4. The van der Waals surface area contributed by atoms with E-state index >= 15 is 0 Å². The van der Waals surface area contributed by atoms with Gasteiger partial charge in [0.1, 0.15) is 5.78 Å². The predicted octanol–water partition coefficient (Wildman–Crippen LogP) is 2.60. The molecule has 1 fully saturated rings. The summed E-state index contributed by atoms with van der Waals surface area (Å²) >= 11 is 0. The van der Waals surface area contributed by atoms with Crippen LogP contribution in [0.15, 0.2) is 12.1 Å². The van der Waals surface area contributed by atoms with E-state index in [4.69, 9.17) is 9.47 Å². The molecular formula is C15H16F2O4. The van der Waals surface area contributed by atoms with Gasteiger partial charge < -0.3 is 9.47 Å². The zero-order chi connectivity index (χ0) is 15.6. The Morgan fingerprint density at radius 1 is 1.33 bits per heavy atom. The van der Waals surface area contributed by atoms with Crippen molar-refractivity contribution in [3.8, 4) is 5.75 Å². The predicted molar refractivity (Wildman–Crippen MR) is 70.0 cm³/mol. The van der Waals surface area contributed by atoms with Crippen LogP contribution in [0, 0.1) is 17.6 Å². The number of benzene rings is 1. The highest BCUT2D eigenvalue weighted by Gasteiger charge is 2.41. The molecule has 0 unspecified atom stereocenters. The molecule has 4 nitrogen and oxygen atoms in total. The Hall–Kier alpha value is -1.98. The van der Waals surface area contributed by atoms with Crippen molar-refractivity contribution in [1.29, 1.82) is 0 Å². The van der Waals surface area contributed by atoms with Crippen LogP contribution >= 0.6 is 0 Å². The van der Waals surface area contributed by atoms with Crippen LogP contribution in [-0.2, 0) is 14.3 Å². The lowest BCUT2D eigenvalue weighted by Gasteiger charge is -2.20. The van der Waals surface area contributed by atoms with Crippen molar-refractivity contribution in [2.75, 3.05) is 13.7 Å². The SMILES string of the molecule is CCOC(=O)[C@@H]1CC(=O)C[C@H]1c1ccc(F)c(F)c1OC. The molecule has 21 heavy (non-hydrogen) atoms. The third kappa shape index (κ3) is 2.89. The van der Waals surface area contributed by atoms with Gasteiger partial charge in [-0.3, -0.25) is 9.59 Å². The average molecular weight is 298 g/mol. The summed E-state index contributed by atoms with van der Waals surface area (Å²) in [4.78, 5) is 23.6. The summed E-state index contributed by atoms with van der Waals surface area (Å²) in [6.45, 7) is 1.87. The van der Waals surface area contributed by atoms with Crippen LogP contribution in [0.3, 0.4) is 0 Å². The van der Waals surface area contributed by atoms with Gasteiger partial charge in [-0.2, -0.15) is 4.39 Å². The molecule has 0 N–H and O–H groups in total. The van der Waals surface area contributed by atoms with E-state index in [1.54, 1.807) is 6.92 Å². The van der Waals surface area contributed by atoms with Gasteiger partial charge in [0, 0.05) is 24.3 Å². The molecule has 1 aromatic carbocycles. The van der Waals surface area contributed by atoms with Crippen LogP contribution in [0.25, 0.3) is 0 Å². The van der Waals surface area contributed by atoms with Gasteiger partial charge in [-0.05, 0) is 13.0 Å². The fourth-order valence-corrected chi connectivity index (χ4v) is 2.73. The van der Waals surface area contributed by atoms with Crippen molar-refractivity contribution in [2.24, 2.45) is 5.92 Å². The number of halogens is 2. The van der Waals surface area contributed by atoms with Gasteiger partial charge in [-0.1, -0.05) is 6.07 Å². The first-order chi connectivity index (χ1) is 9.99. The molecule has 2 atom stereocenters. The summed E-state index contributed by atoms with van der Waals surface area (Å²) in [6.07, 6.45) is 0.135. The Kier molecular flexibility index (Phi) is 4.55. The normalized spacial score (nSPS) is 21.4. The highest BCUT2D eigenvalue weighted by molar-refractivity contribution is 5.90. The minimum atomic E-state index is -1.11. The van der Waals surface area contributed by atoms with E-state index in [1.165, 1.54) is 13.2 Å². The lowest BCUT2D eigenvalue weighted by atomic mass is 9.88. The first-order valence-electron chi connectivity index (χ1n) is 6.69. The minimum Gasteiger partial charge on any atom is -0.493 e. The van der Waals surface area contributed by atoms with Gasteiger partial charge in [0.2, 0.25) is 5.82 Å². The van der Waals surface area contributed by atoms with Crippen molar-refractivity contribution in [3.05, 3.63) is 29.3 Å². The Balaban J connectivity index is 2.41. The topological polar surface area (TPSA) is 52.6 Å².